The van der Waals surface area contributed by atoms with E-state index in [4.69, 9.17) is 0 Å². The number of carbonyl (C=O) groups is 1. The molecular formula is C14H14BrN3O. The van der Waals surface area contributed by atoms with Crippen LogP contribution in [0.2, 0.25) is 0 Å². The minimum atomic E-state index is -0.102. The van der Waals surface area contributed by atoms with Crippen molar-refractivity contribution in [3.63, 3.8) is 0 Å². The van der Waals surface area contributed by atoms with Crippen molar-refractivity contribution in [2.45, 2.75) is 6.42 Å². The average molecular weight is 320 g/mol. The number of carbonyl (C=O) groups excluding carboxylic acids is 1. The molecule has 0 saturated carbocycles. The number of halogens is 1. The smallest absolute Gasteiger partial charge is 0.244 e. The summed E-state index contributed by atoms with van der Waals surface area (Å²) in [4.78, 5) is 18.6. The lowest BCUT2D eigenvalue weighted by Crippen LogP contribution is -2.23. The Morgan fingerprint density at radius 3 is 2.84 bits per heavy atom. The van der Waals surface area contributed by atoms with Crippen LogP contribution in [0.25, 0.3) is 6.08 Å². The van der Waals surface area contributed by atoms with E-state index in [9.17, 15) is 4.79 Å². The summed E-state index contributed by atoms with van der Waals surface area (Å²) < 4.78 is 1.02. The highest BCUT2D eigenvalue weighted by Crippen LogP contribution is 2.11. The number of amides is 1. The molecule has 0 bridgehead atoms. The Labute approximate surface area is 120 Å². The zero-order chi connectivity index (χ0) is 13.5. The van der Waals surface area contributed by atoms with Crippen LogP contribution in [0, 0.1) is 0 Å². The van der Waals surface area contributed by atoms with E-state index in [2.05, 4.69) is 31.2 Å². The number of nitrogens with one attached hydrogen (secondary N) is 2. The molecule has 2 rings (SSSR count). The van der Waals surface area contributed by atoms with Crippen LogP contribution in [0.3, 0.4) is 0 Å². The fraction of sp³-hybridized carbons (Fsp3) is 0.143. The maximum atomic E-state index is 11.6. The minimum absolute atomic E-state index is 0.102. The quantitative estimate of drug-likeness (QED) is 0.832. The van der Waals surface area contributed by atoms with Gasteiger partial charge in [-0.25, -0.2) is 4.98 Å². The van der Waals surface area contributed by atoms with Crippen LogP contribution in [0.15, 0.2) is 47.2 Å². The standard InChI is InChI=1S/C14H14BrN3O/c15-12-4-1-11(2-5-12)3-6-14(19)18-8-7-13-16-9-10-17-13/h1-6,9-10H,7-8H2,(H,16,17)(H,18,19)/b6-3+. The molecule has 0 aliphatic carbocycles. The van der Waals surface area contributed by atoms with Gasteiger partial charge in [0.05, 0.1) is 0 Å². The molecule has 98 valence electrons. The Balaban J connectivity index is 1.76. The molecule has 0 atom stereocenters. The number of hydrogen-bond donors (Lipinski definition) is 2. The van der Waals surface area contributed by atoms with Gasteiger partial charge in [-0.15, -0.1) is 0 Å². The summed E-state index contributed by atoms with van der Waals surface area (Å²) in [6, 6.07) is 7.76. The monoisotopic (exact) mass is 319 g/mol. The van der Waals surface area contributed by atoms with E-state index in [-0.39, 0.29) is 5.91 Å². The van der Waals surface area contributed by atoms with E-state index >= 15 is 0 Å². The normalized spacial score (nSPS) is 10.8. The molecule has 1 aromatic carbocycles. The van der Waals surface area contributed by atoms with Gasteiger partial charge in [-0.2, -0.15) is 0 Å². The fourth-order valence-corrected chi connectivity index (χ4v) is 1.81. The Morgan fingerprint density at radius 2 is 2.16 bits per heavy atom. The topological polar surface area (TPSA) is 57.8 Å². The largest absolute Gasteiger partial charge is 0.352 e. The Kier molecular flexibility index (Phi) is 4.92. The van der Waals surface area contributed by atoms with Gasteiger partial charge in [0.25, 0.3) is 0 Å². The lowest BCUT2D eigenvalue weighted by atomic mass is 10.2. The second kappa shape index (κ2) is 6.89. The molecule has 1 amide bonds. The SMILES string of the molecule is O=C(/C=C/c1ccc(Br)cc1)NCCc1ncc[nH]1. The predicted molar refractivity (Wildman–Crippen MR) is 78.5 cm³/mol. The van der Waals surface area contributed by atoms with Crippen LogP contribution in [0.5, 0.6) is 0 Å². The van der Waals surface area contributed by atoms with E-state index in [0.29, 0.717) is 13.0 Å². The zero-order valence-electron chi connectivity index (χ0n) is 10.3. The van der Waals surface area contributed by atoms with Gasteiger partial charge < -0.3 is 10.3 Å². The second-order valence-corrected chi connectivity index (χ2v) is 4.88. The highest BCUT2D eigenvalue weighted by atomic mass is 79.9. The number of benzene rings is 1. The van der Waals surface area contributed by atoms with Crippen molar-refractivity contribution in [1.82, 2.24) is 15.3 Å². The van der Waals surface area contributed by atoms with Crippen molar-refractivity contribution in [3.8, 4) is 0 Å². The molecule has 2 aromatic rings. The zero-order valence-corrected chi connectivity index (χ0v) is 11.9. The summed E-state index contributed by atoms with van der Waals surface area (Å²) >= 11 is 3.37. The molecule has 0 fully saturated rings. The molecule has 0 radical (unpaired) electrons. The molecule has 5 heteroatoms. The summed E-state index contributed by atoms with van der Waals surface area (Å²) in [7, 11) is 0. The van der Waals surface area contributed by atoms with Crippen LogP contribution in [-0.2, 0) is 11.2 Å². The third-order valence-electron chi connectivity index (χ3n) is 2.51. The van der Waals surface area contributed by atoms with Crippen molar-refractivity contribution in [2.24, 2.45) is 0 Å². The summed E-state index contributed by atoms with van der Waals surface area (Å²) in [5.74, 6) is 0.770. The van der Waals surface area contributed by atoms with E-state index in [1.54, 1.807) is 18.5 Å². The van der Waals surface area contributed by atoms with Crippen LogP contribution in [-0.4, -0.2) is 22.4 Å². The van der Waals surface area contributed by atoms with Gasteiger partial charge in [-0.05, 0) is 23.8 Å². The molecule has 1 heterocycles. The van der Waals surface area contributed by atoms with Gasteiger partial charge in [0.1, 0.15) is 5.82 Å². The van der Waals surface area contributed by atoms with Crippen LogP contribution < -0.4 is 5.32 Å². The Hall–Kier alpha value is -1.88. The molecule has 0 saturated heterocycles. The summed E-state index contributed by atoms with van der Waals surface area (Å²) in [6.45, 7) is 0.566. The van der Waals surface area contributed by atoms with Gasteiger partial charge in [-0.1, -0.05) is 28.1 Å². The number of H-pyrrole nitrogens is 1. The first-order chi connectivity index (χ1) is 9.24. The van der Waals surface area contributed by atoms with Crippen molar-refractivity contribution >= 4 is 27.9 Å². The second-order valence-electron chi connectivity index (χ2n) is 3.96. The molecule has 0 unspecified atom stereocenters. The molecule has 0 spiro atoms. The van der Waals surface area contributed by atoms with E-state index < -0.39 is 0 Å². The highest BCUT2D eigenvalue weighted by Gasteiger charge is 1.97. The molecular weight excluding hydrogens is 306 g/mol. The number of imidazole rings is 1. The van der Waals surface area contributed by atoms with E-state index in [1.165, 1.54) is 6.08 Å². The first kappa shape index (κ1) is 13.5. The summed E-state index contributed by atoms with van der Waals surface area (Å²) in [6.07, 6.45) is 7.49. The first-order valence-electron chi connectivity index (χ1n) is 5.94. The summed E-state index contributed by atoms with van der Waals surface area (Å²) in [5, 5.41) is 2.81. The average Bonchev–Trinajstić information content (AvgIpc) is 2.91. The molecule has 19 heavy (non-hydrogen) atoms. The third kappa shape index (κ3) is 4.71. The van der Waals surface area contributed by atoms with Crippen LogP contribution in [0.4, 0.5) is 0 Å². The van der Waals surface area contributed by atoms with Crippen molar-refractivity contribution < 1.29 is 4.79 Å². The third-order valence-corrected chi connectivity index (χ3v) is 3.04. The minimum Gasteiger partial charge on any atom is -0.352 e. The first-order valence-corrected chi connectivity index (χ1v) is 6.73. The van der Waals surface area contributed by atoms with Gasteiger partial charge in [0, 0.05) is 35.9 Å². The number of nitrogens with zero attached hydrogens (tertiary/aromatic N) is 1. The van der Waals surface area contributed by atoms with Gasteiger partial charge in [0.2, 0.25) is 5.91 Å². The van der Waals surface area contributed by atoms with Crippen molar-refractivity contribution in [3.05, 3.63) is 58.6 Å². The number of rotatable bonds is 5. The lowest BCUT2D eigenvalue weighted by molar-refractivity contribution is -0.116. The van der Waals surface area contributed by atoms with Gasteiger partial charge >= 0.3 is 0 Å². The lowest BCUT2D eigenvalue weighted by Gasteiger charge is -2.00. The fourth-order valence-electron chi connectivity index (χ4n) is 1.54. The van der Waals surface area contributed by atoms with Crippen LogP contribution >= 0.6 is 15.9 Å². The Bertz CT molecular complexity index is 547. The van der Waals surface area contributed by atoms with Crippen molar-refractivity contribution in [1.29, 1.82) is 0 Å². The molecule has 1 aromatic heterocycles. The maximum Gasteiger partial charge on any atom is 0.244 e. The molecule has 0 aliphatic heterocycles. The van der Waals surface area contributed by atoms with Gasteiger partial charge in [-0.3, -0.25) is 4.79 Å². The number of aromatic amines is 1. The van der Waals surface area contributed by atoms with Crippen molar-refractivity contribution in [2.75, 3.05) is 6.54 Å². The number of aromatic nitrogens is 2. The molecule has 4 nitrogen and oxygen atoms in total. The molecule has 2 N–H and O–H groups in total. The predicted octanol–water partition coefficient (Wildman–Crippen LogP) is 2.54. The van der Waals surface area contributed by atoms with E-state index in [0.717, 1.165) is 15.9 Å². The van der Waals surface area contributed by atoms with Gasteiger partial charge in [0.15, 0.2) is 0 Å². The van der Waals surface area contributed by atoms with E-state index in [1.807, 2.05) is 24.3 Å². The Morgan fingerprint density at radius 1 is 1.37 bits per heavy atom. The maximum absolute atomic E-state index is 11.6. The summed E-state index contributed by atoms with van der Waals surface area (Å²) in [5.41, 5.74) is 0.990. The molecule has 0 aliphatic rings. The number of hydrogen-bond acceptors (Lipinski definition) is 2. The highest BCUT2D eigenvalue weighted by molar-refractivity contribution is 9.10. The van der Waals surface area contributed by atoms with Crippen LogP contribution in [0.1, 0.15) is 11.4 Å².